The first-order valence-corrected chi connectivity index (χ1v) is 8.52. The molecule has 0 spiro atoms. The smallest absolute Gasteiger partial charge is 0.347 e. The maximum absolute atomic E-state index is 12.2. The van der Waals surface area contributed by atoms with Gasteiger partial charge in [-0.25, -0.2) is 4.79 Å². The second kappa shape index (κ2) is 7.93. The highest BCUT2D eigenvalue weighted by Gasteiger charge is 2.14. The second-order valence-corrected chi connectivity index (χ2v) is 6.47. The standard InChI is InChI=1S/C22H21NO3/c1-23(2)13-12-20(24)19-15-18-11-10-17(14-21(18)26-22(19)25)9-8-16-6-4-3-5-7-16/h3-11,14-15H,12-13H2,1-2H3. The maximum Gasteiger partial charge on any atom is 0.347 e. The molecule has 0 fully saturated rings. The summed E-state index contributed by atoms with van der Waals surface area (Å²) in [5.41, 5.74) is 2.04. The largest absolute Gasteiger partial charge is 0.422 e. The summed E-state index contributed by atoms with van der Waals surface area (Å²) < 4.78 is 5.39. The Morgan fingerprint density at radius 1 is 1.00 bits per heavy atom. The van der Waals surface area contributed by atoms with Crippen LogP contribution in [-0.4, -0.2) is 31.3 Å². The van der Waals surface area contributed by atoms with Crippen molar-refractivity contribution in [1.29, 1.82) is 0 Å². The minimum absolute atomic E-state index is 0.118. The Bertz CT molecular complexity index is 1000. The van der Waals surface area contributed by atoms with E-state index in [0.29, 0.717) is 18.5 Å². The molecule has 4 heteroatoms. The average molecular weight is 347 g/mol. The van der Waals surface area contributed by atoms with Crippen LogP contribution in [0.15, 0.2) is 63.8 Å². The van der Waals surface area contributed by atoms with Crippen LogP contribution < -0.4 is 5.63 Å². The lowest BCUT2D eigenvalue weighted by Crippen LogP contribution is -2.20. The van der Waals surface area contributed by atoms with Crippen molar-refractivity contribution in [2.24, 2.45) is 0 Å². The first kappa shape index (κ1) is 17.8. The number of Topliss-reactive ketones (excluding diaryl/α,β-unsaturated/α-hetero) is 1. The van der Waals surface area contributed by atoms with Crippen LogP contribution in [0.2, 0.25) is 0 Å². The number of hydrogen-bond acceptors (Lipinski definition) is 4. The van der Waals surface area contributed by atoms with Gasteiger partial charge in [0, 0.05) is 18.4 Å². The SMILES string of the molecule is CN(C)CCC(=O)c1cc2ccc(C=Cc3ccccc3)cc2oc1=O. The van der Waals surface area contributed by atoms with E-state index >= 15 is 0 Å². The van der Waals surface area contributed by atoms with Gasteiger partial charge in [0.15, 0.2) is 5.78 Å². The Balaban J connectivity index is 1.87. The van der Waals surface area contributed by atoms with E-state index in [2.05, 4.69) is 0 Å². The molecule has 1 heterocycles. The third-order valence-electron chi connectivity index (χ3n) is 4.11. The molecule has 0 unspecified atom stereocenters. The van der Waals surface area contributed by atoms with E-state index < -0.39 is 5.63 Å². The molecular formula is C22H21NO3. The minimum Gasteiger partial charge on any atom is -0.422 e. The Hall–Kier alpha value is -2.98. The predicted octanol–water partition coefficient (Wildman–Crippen LogP) is 4.10. The second-order valence-electron chi connectivity index (χ2n) is 6.47. The van der Waals surface area contributed by atoms with Gasteiger partial charge in [-0.15, -0.1) is 0 Å². The molecule has 0 atom stereocenters. The molecule has 0 bridgehead atoms. The number of benzene rings is 2. The lowest BCUT2D eigenvalue weighted by atomic mass is 10.1. The molecule has 4 nitrogen and oxygen atoms in total. The molecule has 0 radical (unpaired) electrons. The molecule has 2 aromatic carbocycles. The molecule has 0 aliphatic rings. The Morgan fingerprint density at radius 3 is 2.46 bits per heavy atom. The zero-order valence-corrected chi connectivity index (χ0v) is 14.9. The fourth-order valence-electron chi connectivity index (χ4n) is 2.64. The van der Waals surface area contributed by atoms with E-state index in [0.717, 1.165) is 16.5 Å². The van der Waals surface area contributed by atoms with Crippen molar-refractivity contribution in [3.05, 3.63) is 81.7 Å². The van der Waals surface area contributed by atoms with E-state index in [1.54, 1.807) is 6.07 Å². The number of carbonyl (C=O) groups excluding carboxylic acids is 1. The van der Waals surface area contributed by atoms with Crippen molar-refractivity contribution in [3.63, 3.8) is 0 Å². The molecule has 0 saturated heterocycles. The van der Waals surface area contributed by atoms with Crippen LogP contribution in [0.3, 0.4) is 0 Å². The van der Waals surface area contributed by atoms with Gasteiger partial charge in [-0.05, 0) is 37.4 Å². The molecule has 0 amide bonds. The van der Waals surface area contributed by atoms with Gasteiger partial charge in [0.05, 0.1) is 0 Å². The van der Waals surface area contributed by atoms with Gasteiger partial charge >= 0.3 is 5.63 Å². The number of rotatable bonds is 6. The minimum atomic E-state index is -0.578. The zero-order valence-electron chi connectivity index (χ0n) is 14.9. The Morgan fingerprint density at radius 2 is 1.73 bits per heavy atom. The van der Waals surface area contributed by atoms with E-state index in [9.17, 15) is 9.59 Å². The summed E-state index contributed by atoms with van der Waals surface area (Å²) in [4.78, 5) is 26.3. The van der Waals surface area contributed by atoms with Crippen molar-refractivity contribution < 1.29 is 9.21 Å². The molecule has 0 N–H and O–H groups in total. The van der Waals surface area contributed by atoms with Crippen LogP contribution in [-0.2, 0) is 0 Å². The van der Waals surface area contributed by atoms with Crippen LogP contribution in [0.1, 0.15) is 27.9 Å². The summed E-state index contributed by atoms with van der Waals surface area (Å²) in [6.45, 7) is 0.597. The summed E-state index contributed by atoms with van der Waals surface area (Å²) in [5.74, 6) is -0.192. The quantitative estimate of drug-likeness (QED) is 0.383. The molecular weight excluding hydrogens is 326 g/mol. The van der Waals surface area contributed by atoms with Gasteiger partial charge < -0.3 is 9.32 Å². The van der Waals surface area contributed by atoms with Crippen LogP contribution in [0.5, 0.6) is 0 Å². The Kier molecular flexibility index (Phi) is 5.44. The third kappa shape index (κ3) is 4.35. The highest BCUT2D eigenvalue weighted by Crippen LogP contribution is 2.18. The van der Waals surface area contributed by atoms with Gasteiger partial charge in [0.1, 0.15) is 11.1 Å². The van der Waals surface area contributed by atoms with Crippen molar-refractivity contribution in [2.45, 2.75) is 6.42 Å². The van der Waals surface area contributed by atoms with Crippen LogP contribution >= 0.6 is 0 Å². The fourth-order valence-corrected chi connectivity index (χ4v) is 2.64. The number of nitrogens with zero attached hydrogens (tertiary/aromatic N) is 1. The van der Waals surface area contributed by atoms with Crippen LogP contribution in [0.4, 0.5) is 0 Å². The maximum atomic E-state index is 12.2. The highest BCUT2D eigenvalue weighted by molar-refractivity contribution is 5.98. The van der Waals surface area contributed by atoms with Gasteiger partial charge in [-0.3, -0.25) is 4.79 Å². The number of ketones is 1. The topological polar surface area (TPSA) is 50.5 Å². The van der Waals surface area contributed by atoms with Crippen molar-refractivity contribution in [2.75, 3.05) is 20.6 Å². The molecule has 0 aliphatic carbocycles. The summed E-state index contributed by atoms with van der Waals surface area (Å²) in [7, 11) is 3.78. The van der Waals surface area contributed by atoms with Crippen LogP contribution in [0, 0.1) is 0 Å². The van der Waals surface area contributed by atoms with Gasteiger partial charge in [0.2, 0.25) is 0 Å². The number of carbonyl (C=O) groups is 1. The van der Waals surface area contributed by atoms with E-state index in [1.165, 1.54) is 0 Å². The van der Waals surface area contributed by atoms with E-state index in [4.69, 9.17) is 4.42 Å². The molecule has 132 valence electrons. The summed E-state index contributed by atoms with van der Waals surface area (Å²) in [6, 6.07) is 17.2. The molecule has 3 aromatic rings. The van der Waals surface area contributed by atoms with Crippen molar-refractivity contribution in [1.82, 2.24) is 4.90 Å². The predicted molar refractivity (Wildman–Crippen MR) is 105 cm³/mol. The first-order valence-electron chi connectivity index (χ1n) is 8.52. The normalized spacial score (nSPS) is 11.5. The summed E-state index contributed by atoms with van der Waals surface area (Å²) in [5, 5.41) is 0.745. The zero-order chi connectivity index (χ0) is 18.5. The molecule has 0 saturated carbocycles. The first-order chi connectivity index (χ1) is 12.5. The monoisotopic (exact) mass is 347 g/mol. The number of fused-ring (bicyclic) bond motifs is 1. The van der Waals surface area contributed by atoms with E-state index in [1.807, 2.05) is 79.7 Å². The summed E-state index contributed by atoms with van der Waals surface area (Å²) in [6.07, 6.45) is 4.25. The third-order valence-corrected chi connectivity index (χ3v) is 4.11. The highest BCUT2D eigenvalue weighted by atomic mass is 16.4. The van der Waals surface area contributed by atoms with E-state index in [-0.39, 0.29) is 11.3 Å². The van der Waals surface area contributed by atoms with Crippen molar-refractivity contribution in [3.8, 4) is 0 Å². The Labute approximate surface area is 152 Å². The average Bonchev–Trinajstić information content (AvgIpc) is 2.64. The molecule has 26 heavy (non-hydrogen) atoms. The molecule has 3 rings (SSSR count). The molecule has 0 aliphatic heterocycles. The summed E-state index contributed by atoms with van der Waals surface area (Å²) >= 11 is 0. The van der Waals surface area contributed by atoms with Gasteiger partial charge in [0.25, 0.3) is 0 Å². The fraction of sp³-hybridized carbons (Fsp3) is 0.182. The van der Waals surface area contributed by atoms with Gasteiger partial charge in [-0.2, -0.15) is 0 Å². The van der Waals surface area contributed by atoms with Crippen molar-refractivity contribution >= 4 is 28.9 Å². The van der Waals surface area contributed by atoms with Gasteiger partial charge in [-0.1, -0.05) is 54.6 Å². The van der Waals surface area contributed by atoms with Crippen LogP contribution in [0.25, 0.3) is 23.1 Å². The number of hydrogen-bond donors (Lipinski definition) is 0. The lowest BCUT2D eigenvalue weighted by Gasteiger charge is -2.08. The lowest BCUT2D eigenvalue weighted by molar-refractivity contribution is 0.0969. The molecule has 1 aromatic heterocycles.